The highest BCUT2D eigenvalue weighted by Gasteiger charge is 2.26. The molecule has 2 aromatic carbocycles. The van der Waals surface area contributed by atoms with Gasteiger partial charge in [0.15, 0.2) is 0 Å². The molecule has 6 nitrogen and oxygen atoms in total. The van der Waals surface area contributed by atoms with Gasteiger partial charge in [-0.15, -0.1) is 0 Å². The van der Waals surface area contributed by atoms with Gasteiger partial charge < -0.3 is 14.4 Å². The Balaban J connectivity index is 1.31. The maximum Gasteiger partial charge on any atom is 0.227 e. The van der Waals surface area contributed by atoms with Crippen LogP contribution in [-0.2, 0) is 17.9 Å². The summed E-state index contributed by atoms with van der Waals surface area (Å²) in [6, 6.07) is 15.8. The van der Waals surface area contributed by atoms with E-state index in [1.54, 1.807) is 12.4 Å². The number of aromatic nitrogens is 2. The topological polar surface area (TPSA) is 50.7 Å². The third kappa shape index (κ3) is 4.12. The third-order valence-electron chi connectivity index (χ3n) is 5.50. The van der Waals surface area contributed by atoms with Gasteiger partial charge in [-0.25, -0.2) is 9.97 Å². The van der Waals surface area contributed by atoms with E-state index in [9.17, 15) is 0 Å². The van der Waals surface area contributed by atoms with E-state index in [4.69, 9.17) is 21.1 Å². The number of hydrogen-bond donors (Lipinski definition) is 0. The standard InChI is InChI=1S/C23H23ClN4O2/c24-20-13-18(15-27-9-11-28(12-10-27)23-25-7-4-8-26-23)21-19(14-20)16-29-22(30-21)17-5-2-1-3-6-17/h1-8,13-14,22H,9-12,15-16H2. The molecule has 1 atom stereocenters. The largest absolute Gasteiger partial charge is 0.460 e. The predicted molar refractivity (Wildman–Crippen MR) is 116 cm³/mol. The monoisotopic (exact) mass is 422 g/mol. The van der Waals surface area contributed by atoms with Gasteiger partial charge in [0, 0.05) is 66.8 Å². The summed E-state index contributed by atoms with van der Waals surface area (Å²) >= 11 is 6.40. The van der Waals surface area contributed by atoms with E-state index in [-0.39, 0.29) is 0 Å². The number of ether oxygens (including phenoxy) is 2. The van der Waals surface area contributed by atoms with Crippen molar-refractivity contribution in [3.8, 4) is 5.75 Å². The Morgan fingerprint density at radius 2 is 1.73 bits per heavy atom. The van der Waals surface area contributed by atoms with Gasteiger partial charge in [0.05, 0.1) is 6.61 Å². The second-order valence-corrected chi connectivity index (χ2v) is 7.97. The van der Waals surface area contributed by atoms with Crippen LogP contribution < -0.4 is 9.64 Å². The average molecular weight is 423 g/mol. The smallest absolute Gasteiger partial charge is 0.227 e. The Morgan fingerprint density at radius 1 is 0.967 bits per heavy atom. The second-order valence-electron chi connectivity index (χ2n) is 7.54. The molecule has 1 unspecified atom stereocenters. The minimum absolute atomic E-state index is 0.397. The number of fused-ring (bicyclic) bond motifs is 1. The van der Waals surface area contributed by atoms with Crippen LogP contribution in [0.2, 0.25) is 5.02 Å². The summed E-state index contributed by atoms with van der Waals surface area (Å²) in [4.78, 5) is 13.4. The SMILES string of the molecule is Clc1cc2c(c(CN3CCN(c4ncccn4)CC3)c1)OC(c1ccccc1)OC2. The molecule has 7 heteroatoms. The van der Waals surface area contributed by atoms with Crippen molar-refractivity contribution in [2.75, 3.05) is 31.1 Å². The lowest BCUT2D eigenvalue weighted by Gasteiger charge is -2.35. The molecule has 0 bridgehead atoms. The quantitative estimate of drug-likeness (QED) is 0.632. The number of benzene rings is 2. The fourth-order valence-corrected chi connectivity index (χ4v) is 4.23. The van der Waals surface area contributed by atoms with Crippen molar-refractivity contribution in [3.63, 3.8) is 0 Å². The number of piperazine rings is 1. The minimum Gasteiger partial charge on any atom is -0.460 e. The molecule has 3 heterocycles. The molecule has 0 radical (unpaired) electrons. The molecule has 1 fully saturated rings. The van der Waals surface area contributed by atoms with Gasteiger partial charge in [-0.3, -0.25) is 4.90 Å². The first-order chi connectivity index (χ1) is 14.8. The summed E-state index contributed by atoms with van der Waals surface area (Å²) in [6.45, 7) is 4.92. The van der Waals surface area contributed by atoms with Gasteiger partial charge in [-0.1, -0.05) is 41.9 Å². The minimum atomic E-state index is -0.397. The highest BCUT2D eigenvalue weighted by molar-refractivity contribution is 6.30. The number of halogens is 1. The fraction of sp³-hybridized carbons (Fsp3) is 0.304. The molecule has 3 aromatic rings. The van der Waals surface area contributed by atoms with E-state index in [1.165, 1.54) is 0 Å². The highest BCUT2D eigenvalue weighted by Crippen LogP contribution is 2.38. The summed E-state index contributed by atoms with van der Waals surface area (Å²) in [6.07, 6.45) is 3.18. The van der Waals surface area contributed by atoms with E-state index < -0.39 is 6.29 Å². The first kappa shape index (κ1) is 19.3. The molecule has 5 rings (SSSR count). The van der Waals surface area contributed by atoms with Crippen molar-refractivity contribution in [3.05, 3.63) is 82.6 Å². The Labute approximate surface area is 181 Å². The Bertz CT molecular complexity index is 995. The number of rotatable bonds is 4. The van der Waals surface area contributed by atoms with Gasteiger partial charge >= 0.3 is 0 Å². The van der Waals surface area contributed by atoms with Crippen LogP contribution in [0.5, 0.6) is 5.75 Å². The van der Waals surface area contributed by atoms with Crippen LogP contribution in [0.1, 0.15) is 23.0 Å². The third-order valence-corrected chi connectivity index (χ3v) is 5.71. The van der Waals surface area contributed by atoms with Gasteiger partial charge in [0.2, 0.25) is 12.2 Å². The van der Waals surface area contributed by atoms with E-state index in [0.717, 1.165) is 61.1 Å². The fourth-order valence-electron chi connectivity index (χ4n) is 3.97. The first-order valence-corrected chi connectivity index (χ1v) is 10.5. The molecular weight excluding hydrogens is 400 g/mol. The predicted octanol–water partition coefficient (Wildman–Crippen LogP) is 4.06. The molecule has 0 aliphatic carbocycles. The molecule has 154 valence electrons. The van der Waals surface area contributed by atoms with Crippen LogP contribution in [0, 0.1) is 0 Å². The lowest BCUT2D eigenvalue weighted by molar-refractivity contribution is -0.112. The molecule has 1 saturated heterocycles. The zero-order valence-electron chi connectivity index (χ0n) is 16.6. The van der Waals surface area contributed by atoms with Gasteiger partial charge in [-0.05, 0) is 18.2 Å². The van der Waals surface area contributed by atoms with E-state index in [2.05, 4.69) is 19.8 Å². The maximum absolute atomic E-state index is 6.40. The van der Waals surface area contributed by atoms with Crippen molar-refractivity contribution in [1.29, 1.82) is 0 Å². The van der Waals surface area contributed by atoms with Crippen LogP contribution in [0.4, 0.5) is 5.95 Å². The summed E-state index contributed by atoms with van der Waals surface area (Å²) in [5.74, 6) is 1.69. The summed E-state index contributed by atoms with van der Waals surface area (Å²) in [5.41, 5.74) is 3.12. The number of hydrogen-bond acceptors (Lipinski definition) is 6. The maximum atomic E-state index is 6.40. The van der Waals surface area contributed by atoms with Crippen LogP contribution in [0.15, 0.2) is 60.9 Å². The lowest BCUT2D eigenvalue weighted by Crippen LogP contribution is -2.46. The van der Waals surface area contributed by atoms with E-state index >= 15 is 0 Å². The van der Waals surface area contributed by atoms with E-state index in [1.807, 2.05) is 48.5 Å². The Morgan fingerprint density at radius 3 is 2.50 bits per heavy atom. The molecule has 0 saturated carbocycles. The molecule has 2 aliphatic rings. The molecular formula is C23H23ClN4O2. The molecule has 2 aliphatic heterocycles. The Kier molecular flexibility index (Phi) is 5.53. The van der Waals surface area contributed by atoms with Crippen molar-refractivity contribution in [1.82, 2.24) is 14.9 Å². The van der Waals surface area contributed by atoms with Crippen molar-refractivity contribution in [2.24, 2.45) is 0 Å². The summed E-state index contributed by atoms with van der Waals surface area (Å²) in [7, 11) is 0. The van der Waals surface area contributed by atoms with Gasteiger partial charge in [0.1, 0.15) is 5.75 Å². The average Bonchev–Trinajstić information content (AvgIpc) is 2.80. The first-order valence-electron chi connectivity index (χ1n) is 10.1. The molecule has 0 N–H and O–H groups in total. The van der Waals surface area contributed by atoms with Gasteiger partial charge in [-0.2, -0.15) is 0 Å². The van der Waals surface area contributed by atoms with Crippen molar-refractivity contribution >= 4 is 17.5 Å². The summed E-state index contributed by atoms with van der Waals surface area (Å²) < 4.78 is 12.2. The van der Waals surface area contributed by atoms with Crippen LogP contribution in [-0.4, -0.2) is 41.0 Å². The number of nitrogens with zero attached hydrogens (tertiary/aromatic N) is 4. The zero-order chi connectivity index (χ0) is 20.3. The van der Waals surface area contributed by atoms with Crippen LogP contribution in [0.25, 0.3) is 0 Å². The molecule has 0 spiro atoms. The zero-order valence-corrected chi connectivity index (χ0v) is 17.3. The van der Waals surface area contributed by atoms with Crippen molar-refractivity contribution < 1.29 is 9.47 Å². The molecule has 30 heavy (non-hydrogen) atoms. The molecule has 1 aromatic heterocycles. The summed E-state index contributed by atoms with van der Waals surface area (Å²) in [5, 5.41) is 0.713. The molecule has 0 amide bonds. The van der Waals surface area contributed by atoms with Gasteiger partial charge in [0.25, 0.3) is 0 Å². The van der Waals surface area contributed by atoms with Crippen LogP contribution >= 0.6 is 11.6 Å². The van der Waals surface area contributed by atoms with Crippen molar-refractivity contribution in [2.45, 2.75) is 19.4 Å². The normalized spacial score (nSPS) is 19.2. The second kappa shape index (κ2) is 8.60. The highest BCUT2D eigenvalue weighted by atomic mass is 35.5. The number of anilines is 1. The van der Waals surface area contributed by atoms with Crippen LogP contribution in [0.3, 0.4) is 0 Å². The lowest BCUT2D eigenvalue weighted by atomic mass is 10.1. The Hall–Kier alpha value is -2.67. The van der Waals surface area contributed by atoms with E-state index in [0.29, 0.717) is 11.6 Å².